The normalized spacial score (nSPS) is 24.1. The summed E-state index contributed by atoms with van der Waals surface area (Å²) in [6, 6.07) is 3.41. The van der Waals surface area contributed by atoms with E-state index in [1.807, 2.05) is 6.26 Å². The Labute approximate surface area is 103 Å². The van der Waals surface area contributed by atoms with Crippen LogP contribution in [-0.4, -0.2) is 57.6 Å². The van der Waals surface area contributed by atoms with Crippen molar-refractivity contribution in [3.05, 3.63) is 23.9 Å². The number of carbonyl (C=O) groups is 1. The third kappa shape index (κ3) is 2.43. The second-order valence-electron chi connectivity index (χ2n) is 3.91. The van der Waals surface area contributed by atoms with Crippen LogP contribution < -0.4 is 0 Å². The number of hydrogen-bond acceptors (Lipinski definition) is 5. The largest absolute Gasteiger partial charge is 0.388 e. The van der Waals surface area contributed by atoms with Gasteiger partial charge >= 0.3 is 0 Å². The first-order valence-corrected chi connectivity index (χ1v) is 6.50. The highest BCUT2D eigenvalue weighted by Gasteiger charge is 2.33. The highest BCUT2D eigenvalue weighted by Crippen LogP contribution is 2.21. The Kier molecular flexibility index (Phi) is 3.66. The van der Waals surface area contributed by atoms with Gasteiger partial charge in [-0.1, -0.05) is 0 Å². The second kappa shape index (κ2) is 5.03. The quantitative estimate of drug-likeness (QED) is 0.726. The van der Waals surface area contributed by atoms with E-state index in [1.165, 1.54) is 16.7 Å². The van der Waals surface area contributed by atoms with Gasteiger partial charge in [-0.05, 0) is 18.4 Å². The van der Waals surface area contributed by atoms with Crippen molar-refractivity contribution < 1.29 is 15.0 Å². The molecule has 0 radical (unpaired) electrons. The first-order chi connectivity index (χ1) is 8.13. The summed E-state index contributed by atoms with van der Waals surface area (Å²) in [5.74, 6) is -0.196. The van der Waals surface area contributed by atoms with E-state index >= 15 is 0 Å². The summed E-state index contributed by atoms with van der Waals surface area (Å²) < 4.78 is 0. The van der Waals surface area contributed by atoms with Crippen LogP contribution in [0.2, 0.25) is 0 Å². The molecular weight excluding hydrogens is 240 g/mol. The van der Waals surface area contributed by atoms with E-state index in [2.05, 4.69) is 4.98 Å². The summed E-state index contributed by atoms with van der Waals surface area (Å²) in [6.07, 6.45) is 1.78. The molecule has 2 N–H and O–H groups in total. The molecule has 0 aliphatic carbocycles. The summed E-state index contributed by atoms with van der Waals surface area (Å²) >= 11 is 1.40. The fraction of sp³-hybridized carbons (Fsp3) is 0.455. The molecule has 5 nitrogen and oxygen atoms in total. The first-order valence-electron chi connectivity index (χ1n) is 5.28. The van der Waals surface area contributed by atoms with Gasteiger partial charge in [-0.15, -0.1) is 11.8 Å². The van der Waals surface area contributed by atoms with Gasteiger partial charge in [0, 0.05) is 19.3 Å². The fourth-order valence-electron chi connectivity index (χ4n) is 1.82. The first kappa shape index (κ1) is 12.3. The van der Waals surface area contributed by atoms with Gasteiger partial charge in [-0.3, -0.25) is 4.79 Å². The highest BCUT2D eigenvalue weighted by molar-refractivity contribution is 7.98. The zero-order valence-electron chi connectivity index (χ0n) is 9.41. The van der Waals surface area contributed by atoms with Gasteiger partial charge in [0.1, 0.15) is 5.03 Å². The van der Waals surface area contributed by atoms with Crippen LogP contribution in [0.5, 0.6) is 0 Å². The molecule has 1 aromatic rings. The molecule has 17 heavy (non-hydrogen) atoms. The van der Waals surface area contributed by atoms with E-state index in [1.54, 1.807) is 18.3 Å². The molecule has 2 rings (SSSR count). The fourth-order valence-corrected chi connectivity index (χ4v) is 2.36. The number of aliphatic hydroxyl groups excluding tert-OH is 2. The molecular formula is C11H14N2O3S. The lowest BCUT2D eigenvalue weighted by molar-refractivity contribution is 0.0572. The molecule has 2 atom stereocenters. The van der Waals surface area contributed by atoms with E-state index < -0.39 is 12.2 Å². The number of β-amino-alcohol motifs (C(OH)–C–C–N with tert-alkyl or cyclic N) is 2. The summed E-state index contributed by atoms with van der Waals surface area (Å²) in [7, 11) is 0. The van der Waals surface area contributed by atoms with Crippen molar-refractivity contribution in [3.63, 3.8) is 0 Å². The summed E-state index contributed by atoms with van der Waals surface area (Å²) in [4.78, 5) is 17.7. The van der Waals surface area contributed by atoms with Gasteiger partial charge in [0.15, 0.2) is 0 Å². The van der Waals surface area contributed by atoms with Crippen LogP contribution in [0.25, 0.3) is 0 Å². The Bertz CT molecular complexity index is 417. The van der Waals surface area contributed by atoms with Crippen molar-refractivity contribution >= 4 is 17.7 Å². The molecule has 1 amide bonds. The maximum atomic E-state index is 12.2. The van der Waals surface area contributed by atoms with Gasteiger partial charge < -0.3 is 15.1 Å². The zero-order valence-corrected chi connectivity index (χ0v) is 10.2. The van der Waals surface area contributed by atoms with Gasteiger partial charge in [0.2, 0.25) is 0 Å². The van der Waals surface area contributed by atoms with E-state index in [4.69, 9.17) is 0 Å². The third-order valence-corrected chi connectivity index (χ3v) is 3.45. The van der Waals surface area contributed by atoms with Crippen molar-refractivity contribution in [2.24, 2.45) is 0 Å². The monoisotopic (exact) mass is 254 g/mol. The lowest BCUT2D eigenvalue weighted by Crippen LogP contribution is -2.30. The molecule has 2 heterocycles. The molecule has 1 fully saturated rings. The van der Waals surface area contributed by atoms with Crippen molar-refractivity contribution in [1.82, 2.24) is 9.88 Å². The summed E-state index contributed by atoms with van der Waals surface area (Å²) in [5.41, 5.74) is 0.515. The molecule has 1 saturated heterocycles. The lowest BCUT2D eigenvalue weighted by atomic mass is 10.2. The molecule has 92 valence electrons. The van der Waals surface area contributed by atoms with Gasteiger partial charge in [0.05, 0.1) is 17.8 Å². The Balaban J connectivity index is 2.20. The lowest BCUT2D eigenvalue weighted by Gasteiger charge is -2.16. The van der Waals surface area contributed by atoms with E-state index in [0.717, 1.165) is 0 Å². The number of amides is 1. The number of thioether (sulfide) groups is 1. The number of pyridine rings is 1. The SMILES string of the molecule is CSc1ncccc1C(=O)N1C[C@@H](O)[C@@H](O)C1. The predicted molar refractivity (Wildman–Crippen MR) is 63.9 cm³/mol. The Morgan fingerprint density at radius 3 is 2.71 bits per heavy atom. The van der Waals surface area contributed by atoms with Crippen molar-refractivity contribution in [3.8, 4) is 0 Å². The maximum absolute atomic E-state index is 12.2. The average molecular weight is 254 g/mol. The van der Waals surface area contributed by atoms with E-state index in [9.17, 15) is 15.0 Å². The number of carbonyl (C=O) groups excluding carboxylic acids is 1. The van der Waals surface area contributed by atoms with Crippen LogP contribution in [-0.2, 0) is 0 Å². The molecule has 0 bridgehead atoms. The zero-order chi connectivity index (χ0) is 12.4. The average Bonchev–Trinajstić information content (AvgIpc) is 2.68. The van der Waals surface area contributed by atoms with Gasteiger partial charge in [-0.25, -0.2) is 4.98 Å². The standard InChI is InChI=1S/C11H14N2O3S/c1-17-10-7(3-2-4-12-10)11(16)13-5-8(14)9(15)6-13/h2-4,8-9,14-15H,5-6H2,1H3/t8-,9+. The molecule has 0 spiro atoms. The van der Waals surface area contributed by atoms with Crippen LogP contribution in [0.1, 0.15) is 10.4 Å². The molecule has 0 aromatic carbocycles. The minimum atomic E-state index is -0.853. The smallest absolute Gasteiger partial charge is 0.256 e. The minimum Gasteiger partial charge on any atom is -0.388 e. The van der Waals surface area contributed by atoms with Crippen LogP contribution >= 0.6 is 11.8 Å². The highest BCUT2D eigenvalue weighted by atomic mass is 32.2. The van der Waals surface area contributed by atoms with Crippen molar-refractivity contribution in [1.29, 1.82) is 0 Å². The van der Waals surface area contributed by atoms with Crippen LogP contribution in [0.3, 0.4) is 0 Å². The Morgan fingerprint density at radius 2 is 2.12 bits per heavy atom. The van der Waals surface area contributed by atoms with Gasteiger partial charge in [0.25, 0.3) is 5.91 Å². The van der Waals surface area contributed by atoms with Gasteiger partial charge in [-0.2, -0.15) is 0 Å². The molecule has 1 aromatic heterocycles. The number of hydrogen-bond donors (Lipinski definition) is 2. The number of aromatic nitrogens is 1. The maximum Gasteiger partial charge on any atom is 0.256 e. The predicted octanol–water partition coefficient (Wildman–Crippen LogP) is -0.0189. The molecule has 1 aliphatic rings. The molecule has 1 aliphatic heterocycles. The number of likely N-dealkylation sites (tertiary alicyclic amines) is 1. The van der Waals surface area contributed by atoms with Crippen LogP contribution in [0, 0.1) is 0 Å². The third-order valence-electron chi connectivity index (χ3n) is 2.74. The summed E-state index contributed by atoms with van der Waals surface area (Å²) in [6.45, 7) is 0.339. The number of aliphatic hydroxyl groups is 2. The molecule has 6 heteroatoms. The summed E-state index contributed by atoms with van der Waals surface area (Å²) in [5, 5.41) is 19.5. The van der Waals surface area contributed by atoms with Crippen molar-refractivity contribution in [2.45, 2.75) is 17.2 Å². The molecule has 0 unspecified atom stereocenters. The minimum absolute atomic E-state index is 0.169. The van der Waals surface area contributed by atoms with Crippen LogP contribution in [0.4, 0.5) is 0 Å². The second-order valence-corrected chi connectivity index (χ2v) is 4.70. The van der Waals surface area contributed by atoms with E-state index in [0.29, 0.717) is 10.6 Å². The Morgan fingerprint density at radius 1 is 1.47 bits per heavy atom. The topological polar surface area (TPSA) is 73.7 Å². The molecule has 0 saturated carbocycles. The Hall–Kier alpha value is -1.11. The number of nitrogens with zero attached hydrogens (tertiary/aromatic N) is 2. The van der Waals surface area contributed by atoms with Crippen molar-refractivity contribution in [2.75, 3.05) is 19.3 Å². The van der Waals surface area contributed by atoms with E-state index in [-0.39, 0.29) is 19.0 Å². The number of rotatable bonds is 2. The van der Waals surface area contributed by atoms with Crippen LogP contribution in [0.15, 0.2) is 23.4 Å².